The van der Waals surface area contributed by atoms with Gasteiger partial charge in [0.05, 0.1) is 17.3 Å². The van der Waals surface area contributed by atoms with Gasteiger partial charge in [0, 0.05) is 17.6 Å². The number of fused-ring (bicyclic) bond motifs is 1. The average molecular weight is 310 g/mol. The molecule has 3 aromatic rings. The molecule has 1 aliphatic rings. The molecule has 1 fully saturated rings. The number of aromatic amines is 1. The molecule has 0 saturated heterocycles. The predicted molar refractivity (Wildman–Crippen MR) is 87.7 cm³/mol. The number of carbonyl (C=O) groups is 1. The van der Waals surface area contributed by atoms with Crippen molar-refractivity contribution in [1.29, 1.82) is 0 Å². The molecule has 1 aromatic carbocycles. The number of aromatic nitrogens is 2. The number of furan rings is 1. The molecule has 0 spiro atoms. The lowest BCUT2D eigenvalue weighted by Gasteiger charge is -2.10. The minimum absolute atomic E-state index is 0.0149. The molecule has 1 aliphatic carbocycles. The lowest BCUT2D eigenvalue weighted by atomic mass is 10.1. The molecule has 6 nitrogen and oxygen atoms in total. The summed E-state index contributed by atoms with van der Waals surface area (Å²) in [6, 6.07) is 9.46. The summed E-state index contributed by atoms with van der Waals surface area (Å²) in [5.74, 6) is 1.42. The molecular formula is C17H18N4O2. The summed E-state index contributed by atoms with van der Waals surface area (Å²) in [6.07, 6.45) is 4.16. The molecule has 4 N–H and O–H groups in total. The molecule has 0 aliphatic heterocycles. The molecule has 4 rings (SSSR count). The number of imidazole rings is 1. The molecule has 2 atom stereocenters. The van der Waals surface area contributed by atoms with Gasteiger partial charge in [-0.3, -0.25) is 4.79 Å². The monoisotopic (exact) mass is 310 g/mol. The van der Waals surface area contributed by atoms with Crippen LogP contribution in [-0.4, -0.2) is 21.9 Å². The zero-order valence-corrected chi connectivity index (χ0v) is 12.6. The Morgan fingerprint density at radius 1 is 1.35 bits per heavy atom. The van der Waals surface area contributed by atoms with Crippen LogP contribution in [0.2, 0.25) is 0 Å². The van der Waals surface area contributed by atoms with Gasteiger partial charge in [-0.2, -0.15) is 0 Å². The summed E-state index contributed by atoms with van der Waals surface area (Å²) in [5, 5.41) is 2.97. The number of carbonyl (C=O) groups excluding carboxylic acids is 1. The van der Waals surface area contributed by atoms with E-state index in [-0.39, 0.29) is 17.9 Å². The lowest BCUT2D eigenvalue weighted by molar-refractivity contribution is -0.119. The maximum Gasteiger partial charge on any atom is 0.227 e. The van der Waals surface area contributed by atoms with Gasteiger partial charge < -0.3 is 20.5 Å². The van der Waals surface area contributed by atoms with E-state index in [1.807, 2.05) is 30.3 Å². The van der Waals surface area contributed by atoms with Crippen molar-refractivity contribution in [2.45, 2.75) is 25.3 Å². The van der Waals surface area contributed by atoms with E-state index in [1.54, 1.807) is 6.26 Å². The smallest absolute Gasteiger partial charge is 0.227 e. The fraction of sp³-hybridized carbons (Fsp3) is 0.294. The van der Waals surface area contributed by atoms with Crippen molar-refractivity contribution in [2.24, 2.45) is 11.7 Å². The van der Waals surface area contributed by atoms with Gasteiger partial charge in [0.2, 0.25) is 5.91 Å². The molecule has 2 aromatic heterocycles. The third-order valence-electron chi connectivity index (χ3n) is 4.35. The van der Waals surface area contributed by atoms with Gasteiger partial charge in [0.25, 0.3) is 0 Å². The van der Waals surface area contributed by atoms with Crippen LogP contribution in [0.3, 0.4) is 0 Å². The van der Waals surface area contributed by atoms with E-state index >= 15 is 0 Å². The number of rotatable bonds is 3. The Labute approximate surface area is 133 Å². The van der Waals surface area contributed by atoms with Gasteiger partial charge in [-0.05, 0) is 49.6 Å². The van der Waals surface area contributed by atoms with Crippen molar-refractivity contribution in [3.8, 4) is 11.6 Å². The minimum atomic E-state index is 0.0149. The summed E-state index contributed by atoms with van der Waals surface area (Å²) in [5.41, 5.74) is 8.33. The Kier molecular flexibility index (Phi) is 3.38. The minimum Gasteiger partial charge on any atom is -0.461 e. The van der Waals surface area contributed by atoms with Crippen LogP contribution in [0.15, 0.2) is 41.0 Å². The topological polar surface area (TPSA) is 96.9 Å². The van der Waals surface area contributed by atoms with E-state index in [2.05, 4.69) is 15.3 Å². The van der Waals surface area contributed by atoms with E-state index in [0.29, 0.717) is 11.6 Å². The predicted octanol–water partition coefficient (Wildman–Crippen LogP) is 2.89. The first-order chi connectivity index (χ1) is 11.2. The van der Waals surface area contributed by atoms with E-state index in [4.69, 9.17) is 10.2 Å². The Morgan fingerprint density at radius 3 is 3.00 bits per heavy atom. The first-order valence-corrected chi connectivity index (χ1v) is 7.79. The number of nitrogens with two attached hydrogens (primary N) is 1. The van der Waals surface area contributed by atoms with Gasteiger partial charge >= 0.3 is 0 Å². The number of nitrogens with zero attached hydrogens (tertiary/aromatic N) is 1. The second kappa shape index (κ2) is 5.55. The standard InChI is InChI=1S/C17H18N4O2/c18-11-4-3-10(8-11)17(22)19-12-5-6-13-14(9-12)21-16(20-13)15-2-1-7-23-15/h1-2,5-7,9-11H,3-4,8,18H2,(H,19,22)(H,20,21). The Balaban J connectivity index is 1.55. The maximum atomic E-state index is 12.3. The fourth-order valence-electron chi connectivity index (χ4n) is 3.12. The highest BCUT2D eigenvalue weighted by molar-refractivity contribution is 5.95. The number of nitrogens with one attached hydrogen (secondary N) is 2. The molecule has 6 heteroatoms. The van der Waals surface area contributed by atoms with Crippen molar-refractivity contribution in [3.63, 3.8) is 0 Å². The Bertz CT molecular complexity index is 838. The highest BCUT2D eigenvalue weighted by Gasteiger charge is 2.27. The van der Waals surface area contributed by atoms with Crippen LogP contribution in [0.1, 0.15) is 19.3 Å². The van der Waals surface area contributed by atoms with Crippen LogP contribution in [0.25, 0.3) is 22.6 Å². The zero-order chi connectivity index (χ0) is 15.8. The quantitative estimate of drug-likeness (QED) is 0.693. The molecule has 1 saturated carbocycles. The zero-order valence-electron chi connectivity index (χ0n) is 12.6. The molecule has 0 bridgehead atoms. The fourth-order valence-corrected chi connectivity index (χ4v) is 3.12. The van der Waals surface area contributed by atoms with Crippen molar-refractivity contribution in [1.82, 2.24) is 9.97 Å². The van der Waals surface area contributed by atoms with Gasteiger partial charge in [0.1, 0.15) is 0 Å². The molecule has 23 heavy (non-hydrogen) atoms. The highest BCUT2D eigenvalue weighted by Crippen LogP contribution is 2.27. The normalized spacial score (nSPS) is 20.9. The molecule has 2 unspecified atom stereocenters. The number of amides is 1. The van der Waals surface area contributed by atoms with Crippen molar-refractivity contribution < 1.29 is 9.21 Å². The second-order valence-electron chi connectivity index (χ2n) is 6.05. The molecule has 118 valence electrons. The van der Waals surface area contributed by atoms with Crippen molar-refractivity contribution in [2.75, 3.05) is 5.32 Å². The average Bonchev–Trinajstić information content (AvgIpc) is 3.26. The maximum absolute atomic E-state index is 12.3. The molecular weight excluding hydrogens is 292 g/mol. The SMILES string of the molecule is NC1CCC(C(=O)Nc2ccc3nc(-c4ccco4)[nH]c3c2)C1. The van der Waals surface area contributed by atoms with E-state index < -0.39 is 0 Å². The summed E-state index contributed by atoms with van der Waals surface area (Å²) >= 11 is 0. The highest BCUT2D eigenvalue weighted by atomic mass is 16.3. The summed E-state index contributed by atoms with van der Waals surface area (Å²) in [6.45, 7) is 0. The first-order valence-electron chi connectivity index (χ1n) is 7.79. The van der Waals surface area contributed by atoms with Crippen molar-refractivity contribution in [3.05, 3.63) is 36.6 Å². The first kappa shape index (κ1) is 14.0. The Hall–Kier alpha value is -2.60. The Morgan fingerprint density at radius 2 is 2.26 bits per heavy atom. The molecule has 1 amide bonds. The van der Waals surface area contributed by atoms with Crippen LogP contribution in [0, 0.1) is 5.92 Å². The summed E-state index contributed by atoms with van der Waals surface area (Å²) < 4.78 is 5.35. The number of hydrogen-bond donors (Lipinski definition) is 3. The number of benzene rings is 1. The van der Waals surface area contributed by atoms with Crippen LogP contribution in [0.4, 0.5) is 5.69 Å². The van der Waals surface area contributed by atoms with Crippen LogP contribution >= 0.6 is 0 Å². The van der Waals surface area contributed by atoms with E-state index in [9.17, 15) is 4.79 Å². The second-order valence-corrected chi connectivity index (χ2v) is 6.05. The number of H-pyrrole nitrogens is 1. The van der Waals surface area contributed by atoms with Gasteiger partial charge in [0.15, 0.2) is 11.6 Å². The molecule has 0 radical (unpaired) electrons. The van der Waals surface area contributed by atoms with Crippen molar-refractivity contribution >= 4 is 22.6 Å². The van der Waals surface area contributed by atoms with Gasteiger partial charge in [-0.15, -0.1) is 0 Å². The number of anilines is 1. The van der Waals surface area contributed by atoms with Gasteiger partial charge in [-0.25, -0.2) is 4.98 Å². The van der Waals surface area contributed by atoms with Crippen LogP contribution in [-0.2, 0) is 4.79 Å². The lowest BCUT2D eigenvalue weighted by Crippen LogP contribution is -2.23. The third kappa shape index (κ3) is 2.73. The summed E-state index contributed by atoms with van der Waals surface area (Å²) in [7, 11) is 0. The van der Waals surface area contributed by atoms with E-state index in [1.165, 1.54) is 0 Å². The molecule has 2 heterocycles. The van der Waals surface area contributed by atoms with Crippen LogP contribution < -0.4 is 11.1 Å². The van der Waals surface area contributed by atoms with E-state index in [0.717, 1.165) is 36.0 Å². The largest absolute Gasteiger partial charge is 0.461 e. The third-order valence-corrected chi connectivity index (χ3v) is 4.35. The number of hydrogen-bond acceptors (Lipinski definition) is 4. The van der Waals surface area contributed by atoms with Gasteiger partial charge in [-0.1, -0.05) is 0 Å². The summed E-state index contributed by atoms with van der Waals surface area (Å²) in [4.78, 5) is 20.0. The van der Waals surface area contributed by atoms with Crippen LogP contribution in [0.5, 0.6) is 0 Å².